The van der Waals surface area contributed by atoms with Gasteiger partial charge in [0.2, 0.25) is 0 Å². The van der Waals surface area contributed by atoms with Gasteiger partial charge < -0.3 is 20.0 Å². The van der Waals surface area contributed by atoms with Gasteiger partial charge in [0.15, 0.2) is 0 Å². The van der Waals surface area contributed by atoms with Crippen molar-refractivity contribution in [3.63, 3.8) is 0 Å². The SMILES string of the molecule is CC(C)c1cccc(C(C)C)c1-c1ccc2c(N=c3[n-]ccc4cc(-c5c(C(C)C)cccc5C(C)C)ccc34)nccc2c1.CC(C)c1cccc(C(C)C)c1-c1ccnc(N=c2cc(-c3c(C(C)C)cccc3C(C)C)cc[n-]2)c1.[Zn+2]. The fraction of sp³-hybridized carbons (Fsp3) is 0.316. The third-order valence-corrected chi connectivity index (χ3v) is 16.1. The molecule has 10 rings (SSSR count). The van der Waals surface area contributed by atoms with Crippen LogP contribution in [-0.2, 0) is 19.5 Å². The van der Waals surface area contributed by atoms with E-state index >= 15 is 0 Å². The molecule has 6 nitrogen and oxygen atoms in total. The molecular weight excluding hydrogens is 1060 g/mol. The Balaban J connectivity index is 0.000000219. The molecule has 0 N–H and O–H groups in total. The molecular formula is C76H84N6Zn. The van der Waals surface area contributed by atoms with Gasteiger partial charge >= 0.3 is 19.5 Å². The molecule has 0 unspecified atom stereocenters. The van der Waals surface area contributed by atoms with Crippen molar-refractivity contribution in [1.82, 2.24) is 19.9 Å². The number of hydrogen-bond donors (Lipinski definition) is 0. The molecule has 10 aromatic rings. The number of rotatable bonds is 14. The molecule has 0 spiro atoms. The van der Waals surface area contributed by atoms with Gasteiger partial charge in [-0.1, -0.05) is 244 Å². The summed E-state index contributed by atoms with van der Waals surface area (Å²) in [6, 6.07) is 52.8. The second kappa shape index (κ2) is 26.9. The van der Waals surface area contributed by atoms with Gasteiger partial charge in [0, 0.05) is 17.8 Å². The molecule has 83 heavy (non-hydrogen) atoms. The molecule has 4 aromatic heterocycles. The molecule has 0 aliphatic rings. The van der Waals surface area contributed by atoms with Crippen LogP contribution in [0.25, 0.3) is 66.1 Å². The van der Waals surface area contributed by atoms with Gasteiger partial charge in [-0.3, -0.25) is 9.97 Å². The van der Waals surface area contributed by atoms with Crippen LogP contribution < -0.4 is 20.9 Å². The first kappa shape index (κ1) is 61.7. The monoisotopic (exact) mass is 1140 g/mol. The Morgan fingerprint density at radius 2 is 0.687 bits per heavy atom. The molecule has 0 saturated carbocycles. The van der Waals surface area contributed by atoms with Crippen LogP contribution in [0, 0.1) is 0 Å². The van der Waals surface area contributed by atoms with E-state index in [1.165, 1.54) is 77.9 Å². The van der Waals surface area contributed by atoms with E-state index in [4.69, 9.17) is 20.0 Å². The molecule has 0 saturated heterocycles. The Hall–Kier alpha value is -7.34. The molecule has 420 valence electrons. The van der Waals surface area contributed by atoms with Crippen LogP contribution in [0.5, 0.6) is 0 Å². The standard InChI is InChI=1S/C42H44N3.C34H40N3.Zn/c1-25(2)33-11-9-12-34(26(3)4)39(33)31-15-17-37-29(23-31)19-21-43-41(37)45-42-38-18-16-32(24-30(38)20-22-44-42)40-35(27(5)6)13-10-14-36(40)28(7)8;1-21(2)27-11-9-12-28(22(3)4)33(27)25-15-17-35-31(19-25)37-32-20-26(16-18-36-32)34-29(23(5)6)13-10-14-30(34)24(7)8;/h9-28H,1-8H3;9-24H,1-8H3;/q2*-1;+2. The molecule has 0 atom stereocenters. The average molecular weight is 1150 g/mol. The second-order valence-electron chi connectivity index (χ2n) is 24.7. The number of hydrogen-bond acceptors (Lipinski definition) is 4. The molecule has 0 bridgehead atoms. The van der Waals surface area contributed by atoms with Crippen LogP contribution >= 0.6 is 0 Å². The molecule has 0 radical (unpaired) electrons. The molecule has 0 fully saturated rings. The van der Waals surface area contributed by atoms with Crippen molar-refractivity contribution in [2.24, 2.45) is 9.98 Å². The van der Waals surface area contributed by atoms with E-state index in [1.807, 2.05) is 24.8 Å². The minimum Gasteiger partial charge on any atom is -0.443 e. The molecule has 4 heterocycles. The van der Waals surface area contributed by atoms with E-state index in [0.29, 0.717) is 70.0 Å². The zero-order valence-corrected chi connectivity index (χ0v) is 55.1. The van der Waals surface area contributed by atoms with Crippen molar-refractivity contribution in [2.45, 2.75) is 158 Å². The van der Waals surface area contributed by atoms with E-state index in [9.17, 15) is 0 Å². The maximum absolute atomic E-state index is 5.06. The molecule has 6 aromatic carbocycles. The van der Waals surface area contributed by atoms with E-state index in [2.05, 4.69) is 266 Å². The maximum atomic E-state index is 5.06. The van der Waals surface area contributed by atoms with E-state index in [1.54, 1.807) is 0 Å². The smallest absolute Gasteiger partial charge is 0.443 e. The van der Waals surface area contributed by atoms with Crippen molar-refractivity contribution in [3.8, 4) is 44.5 Å². The largest absolute Gasteiger partial charge is 2.00 e. The molecule has 0 aliphatic carbocycles. The van der Waals surface area contributed by atoms with Gasteiger partial charge in [0.05, 0.1) is 11.6 Å². The van der Waals surface area contributed by atoms with Gasteiger partial charge in [-0.25, -0.2) is 0 Å². The topological polar surface area (TPSA) is 78.7 Å². The minimum atomic E-state index is 0. The summed E-state index contributed by atoms with van der Waals surface area (Å²) >= 11 is 0. The predicted molar refractivity (Wildman–Crippen MR) is 348 cm³/mol. The summed E-state index contributed by atoms with van der Waals surface area (Å²) in [5.74, 6) is 4.82. The van der Waals surface area contributed by atoms with E-state index in [-0.39, 0.29) is 19.5 Å². The summed E-state index contributed by atoms with van der Waals surface area (Å²) in [5.41, 5.74) is 22.4. The average Bonchev–Trinajstić information content (AvgIpc) is 3.60. The minimum absolute atomic E-state index is 0. The summed E-state index contributed by atoms with van der Waals surface area (Å²) in [6.07, 6.45) is 7.46. The zero-order chi connectivity index (χ0) is 58.5. The normalized spacial score (nSPS) is 12.3. The number of fused-ring (bicyclic) bond motifs is 2. The Labute approximate surface area is 508 Å². The van der Waals surface area contributed by atoms with Crippen LogP contribution in [-0.4, -0.2) is 9.97 Å². The van der Waals surface area contributed by atoms with Gasteiger partial charge in [-0.15, -0.1) is 0 Å². The fourth-order valence-electron chi connectivity index (χ4n) is 11.8. The molecule has 0 amide bonds. The van der Waals surface area contributed by atoms with Gasteiger partial charge in [0.25, 0.3) is 0 Å². The first-order valence-corrected chi connectivity index (χ1v) is 30.0. The molecule has 7 heteroatoms. The number of aromatic nitrogens is 4. The zero-order valence-electron chi connectivity index (χ0n) is 52.2. The van der Waals surface area contributed by atoms with Crippen LogP contribution in [0.3, 0.4) is 0 Å². The number of benzene rings is 6. The Kier molecular flexibility index (Phi) is 20.0. The first-order valence-electron chi connectivity index (χ1n) is 30.0. The van der Waals surface area contributed by atoms with Crippen molar-refractivity contribution < 1.29 is 19.5 Å². The maximum Gasteiger partial charge on any atom is 2.00 e. The summed E-state index contributed by atoms with van der Waals surface area (Å²) in [7, 11) is 0. The van der Waals surface area contributed by atoms with Gasteiger partial charge in [0.1, 0.15) is 0 Å². The Bertz CT molecular complexity index is 3930. The van der Waals surface area contributed by atoms with Crippen LogP contribution in [0.2, 0.25) is 0 Å². The third-order valence-electron chi connectivity index (χ3n) is 16.1. The Morgan fingerprint density at radius 3 is 1.11 bits per heavy atom. The number of nitrogens with zero attached hydrogens (tertiary/aromatic N) is 6. The van der Waals surface area contributed by atoms with E-state index < -0.39 is 0 Å². The fourth-order valence-corrected chi connectivity index (χ4v) is 11.8. The van der Waals surface area contributed by atoms with Crippen molar-refractivity contribution in [3.05, 3.63) is 226 Å². The summed E-state index contributed by atoms with van der Waals surface area (Å²) in [5, 5.41) is 4.31. The van der Waals surface area contributed by atoms with Crippen LogP contribution in [0.15, 0.2) is 180 Å². The quantitative estimate of drug-likeness (QED) is 0.102. The second-order valence-corrected chi connectivity index (χ2v) is 24.7. The van der Waals surface area contributed by atoms with E-state index in [0.717, 1.165) is 32.7 Å². The van der Waals surface area contributed by atoms with Crippen molar-refractivity contribution in [1.29, 1.82) is 0 Å². The van der Waals surface area contributed by atoms with Crippen LogP contribution in [0.1, 0.15) is 203 Å². The van der Waals surface area contributed by atoms with Crippen LogP contribution in [0.4, 0.5) is 11.6 Å². The summed E-state index contributed by atoms with van der Waals surface area (Å²) < 4.78 is 0. The Morgan fingerprint density at radius 1 is 0.325 bits per heavy atom. The summed E-state index contributed by atoms with van der Waals surface area (Å²) in [6.45, 7) is 36.2. The number of pyridine rings is 4. The van der Waals surface area contributed by atoms with Crippen molar-refractivity contribution >= 4 is 33.2 Å². The predicted octanol–water partition coefficient (Wildman–Crippen LogP) is 20.5. The summed E-state index contributed by atoms with van der Waals surface area (Å²) in [4.78, 5) is 28.6. The third kappa shape index (κ3) is 13.5. The van der Waals surface area contributed by atoms with Gasteiger partial charge in [-0.05, 0) is 188 Å². The van der Waals surface area contributed by atoms with Gasteiger partial charge in [-0.2, -0.15) is 0 Å². The first-order chi connectivity index (χ1) is 39.3. The molecule has 0 aliphatic heterocycles. The van der Waals surface area contributed by atoms with Crippen molar-refractivity contribution in [2.75, 3.05) is 0 Å².